The van der Waals surface area contributed by atoms with Gasteiger partial charge in [0, 0.05) is 11.6 Å². The normalized spacial score (nSPS) is 15.0. The van der Waals surface area contributed by atoms with Gasteiger partial charge >= 0.3 is 0 Å². The Labute approximate surface area is 139 Å². The van der Waals surface area contributed by atoms with Crippen molar-refractivity contribution in [1.29, 1.82) is 0 Å². The number of carbonyl (C=O) groups excluding carboxylic acids is 2. The number of hydrogen-bond donors (Lipinski definition) is 2. The minimum absolute atomic E-state index is 0.109. The van der Waals surface area contributed by atoms with E-state index in [1.807, 2.05) is 0 Å². The highest BCUT2D eigenvalue weighted by Crippen LogP contribution is 2.19. The van der Waals surface area contributed by atoms with Crippen molar-refractivity contribution in [2.24, 2.45) is 0 Å². The summed E-state index contributed by atoms with van der Waals surface area (Å²) in [6.07, 6.45) is 5.25. The lowest BCUT2D eigenvalue weighted by atomic mass is 9.95. The molecule has 2 amide bonds. The second kappa shape index (κ2) is 8.20. The van der Waals surface area contributed by atoms with Gasteiger partial charge in [0.1, 0.15) is 10.2 Å². The van der Waals surface area contributed by atoms with Gasteiger partial charge in [0.15, 0.2) is 0 Å². The molecule has 118 valence electrons. The third-order valence-corrected chi connectivity index (χ3v) is 4.01. The lowest BCUT2D eigenvalue weighted by molar-refractivity contribution is -0.118. The van der Waals surface area contributed by atoms with Crippen molar-refractivity contribution in [1.82, 2.24) is 10.6 Å². The van der Waals surface area contributed by atoms with Gasteiger partial charge in [-0.15, -0.1) is 0 Å². The predicted molar refractivity (Wildman–Crippen MR) is 87.7 cm³/mol. The molecule has 0 unspecified atom stereocenters. The van der Waals surface area contributed by atoms with Gasteiger partial charge in [-0.1, -0.05) is 60.7 Å². The molecule has 2 N–H and O–H groups in total. The molecule has 4 nitrogen and oxygen atoms in total. The summed E-state index contributed by atoms with van der Waals surface area (Å²) in [7, 11) is 0. The maximum atomic E-state index is 12.3. The van der Waals surface area contributed by atoms with Crippen LogP contribution in [0.5, 0.6) is 0 Å². The number of hydrogen-bond acceptors (Lipinski definition) is 2. The number of benzene rings is 1. The molecule has 0 radical (unpaired) electrons. The predicted octanol–water partition coefficient (Wildman–Crippen LogP) is 3.51. The van der Waals surface area contributed by atoms with Crippen LogP contribution >= 0.6 is 23.2 Å². The van der Waals surface area contributed by atoms with E-state index in [1.54, 1.807) is 30.3 Å². The number of amides is 2. The minimum atomic E-state index is -0.448. The summed E-state index contributed by atoms with van der Waals surface area (Å²) in [5.74, 6) is -0.871. The molecule has 1 aromatic carbocycles. The first kappa shape index (κ1) is 16.8. The van der Waals surface area contributed by atoms with Crippen molar-refractivity contribution in [2.75, 3.05) is 0 Å². The average Bonchev–Trinajstić information content (AvgIpc) is 2.53. The zero-order valence-corrected chi connectivity index (χ0v) is 13.6. The van der Waals surface area contributed by atoms with E-state index in [1.165, 1.54) is 6.42 Å². The highest BCUT2D eigenvalue weighted by Gasteiger charge is 2.21. The molecule has 2 rings (SSSR count). The molecule has 1 aliphatic rings. The monoisotopic (exact) mass is 340 g/mol. The molecular weight excluding hydrogens is 323 g/mol. The molecule has 0 bridgehead atoms. The van der Waals surface area contributed by atoms with Gasteiger partial charge in [0.25, 0.3) is 11.8 Å². The van der Waals surface area contributed by atoms with Crippen LogP contribution in [0.1, 0.15) is 42.5 Å². The fourth-order valence-corrected chi connectivity index (χ4v) is 2.74. The molecule has 0 spiro atoms. The van der Waals surface area contributed by atoms with Crippen LogP contribution in [0.3, 0.4) is 0 Å². The molecule has 6 heteroatoms. The van der Waals surface area contributed by atoms with Gasteiger partial charge in [-0.3, -0.25) is 9.59 Å². The number of carbonyl (C=O) groups is 2. The maximum absolute atomic E-state index is 12.3. The Kier molecular flexibility index (Phi) is 6.28. The Hall–Kier alpha value is -1.52. The van der Waals surface area contributed by atoms with E-state index in [0.29, 0.717) is 5.56 Å². The molecule has 1 aromatic rings. The second-order valence-electron chi connectivity index (χ2n) is 5.26. The van der Waals surface area contributed by atoms with Gasteiger partial charge in [0.2, 0.25) is 0 Å². The van der Waals surface area contributed by atoms with Gasteiger partial charge < -0.3 is 10.6 Å². The van der Waals surface area contributed by atoms with Gasteiger partial charge in [-0.2, -0.15) is 0 Å². The van der Waals surface area contributed by atoms with E-state index in [2.05, 4.69) is 10.6 Å². The van der Waals surface area contributed by atoms with Crippen molar-refractivity contribution in [3.05, 3.63) is 46.1 Å². The first-order valence-electron chi connectivity index (χ1n) is 7.30. The average molecular weight is 341 g/mol. The Morgan fingerprint density at radius 2 is 1.64 bits per heavy atom. The highest BCUT2D eigenvalue weighted by molar-refractivity contribution is 6.57. The summed E-state index contributed by atoms with van der Waals surface area (Å²) in [4.78, 5) is 24.4. The van der Waals surface area contributed by atoms with E-state index < -0.39 is 11.8 Å². The molecule has 22 heavy (non-hydrogen) atoms. The molecule has 0 heterocycles. The molecule has 1 saturated carbocycles. The van der Waals surface area contributed by atoms with Crippen LogP contribution in [-0.4, -0.2) is 17.9 Å². The van der Waals surface area contributed by atoms with Gasteiger partial charge in [-0.05, 0) is 25.0 Å². The molecule has 0 atom stereocenters. The Morgan fingerprint density at radius 1 is 1.00 bits per heavy atom. The van der Waals surface area contributed by atoms with Crippen molar-refractivity contribution < 1.29 is 9.59 Å². The summed E-state index contributed by atoms with van der Waals surface area (Å²) in [5.41, 5.74) is 0.322. The molecular formula is C16H18Cl2N2O2. The Balaban J connectivity index is 2.02. The van der Waals surface area contributed by atoms with Crippen LogP contribution in [-0.2, 0) is 4.79 Å². The van der Waals surface area contributed by atoms with Crippen LogP contribution in [0.15, 0.2) is 40.5 Å². The van der Waals surface area contributed by atoms with Crippen LogP contribution in [0.25, 0.3) is 0 Å². The van der Waals surface area contributed by atoms with E-state index in [4.69, 9.17) is 23.2 Å². The fourth-order valence-electron chi connectivity index (χ4n) is 2.47. The summed E-state index contributed by atoms with van der Waals surface area (Å²) in [6, 6.07) is 8.68. The quantitative estimate of drug-likeness (QED) is 0.824. The van der Waals surface area contributed by atoms with Crippen LogP contribution in [0.4, 0.5) is 0 Å². The van der Waals surface area contributed by atoms with E-state index >= 15 is 0 Å². The summed E-state index contributed by atoms with van der Waals surface area (Å²) in [5, 5.41) is 5.36. The van der Waals surface area contributed by atoms with Crippen LogP contribution in [0, 0.1) is 0 Å². The summed E-state index contributed by atoms with van der Waals surface area (Å²) in [6.45, 7) is 0. The Bertz CT molecular complexity index is 563. The van der Waals surface area contributed by atoms with E-state index in [0.717, 1.165) is 25.7 Å². The van der Waals surface area contributed by atoms with Gasteiger partial charge in [-0.25, -0.2) is 0 Å². The molecule has 1 aliphatic carbocycles. The zero-order chi connectivity index (χ0) is 15.9. The SMILES string of the molecule is O=C(NC1CCCCC1)C(NC(=O)c1ccccc1)=C(Cl)Cl. The number of rotatable bonds is 4. The lowest BCUT2D eigenvalue weighted by Crippen LogP contribution is -2.41. The first-order valence-corrected chi connectivity index (χ1v) is 8.06. The molecule has 1 fully saturated rings. The third-order valence-electron chi connectivity index (χ3n) is 3.63. The standard InChI is InChI=1S/C16H18Cl2N2O2/c17-14(18)13(16(22)19-12-9-5-2-6-10-12)20-15(21)11-7-3-1-4-8-11/h1,3-4,7-8,12H,2,5-6,9-10H2,(H,19,22)(H,20,21). The zero-order valence-electron chi connectivity index (χ0n) is 12.1. The van der Waals surface area contributed by atoms with Crippen molar-refractivity contribution in [3.8, 4) is 0 Å². The van der Waals surface area contributed by atoms with Crippen molar-refractivity contribution in [3.63, 3.8) is 0 Å². The first-order chi connectivity index (χ1) is 10.6. The Morgan fingerprint density at radius 3 is 2.23 bits per heavy atom. The van der Waals surface area contributed by atoms with Crippen molar-refractivity contribution >= 4 is 35.0 Å². The number of nitrogens with one attached hydrogen (secondary N) is 2. The smallest absolute Gasteiger partial charge is 0.270 e. The largest absolute Gasteiger partial charge is 0.348 e. The van der Waals surface area contributed by atoms with Crippen LogP contribution in [0.2, 0.25) is 0 Å². The van der Waals surface area contributed by atoms with E-state index in [-0.39, 0.29) is 16.2 Å². The molecule has 0 saturated heterocycles. The topological polar surface area (TPSA) is 58.2 Å². The van der Waals surface area contributed by atoms with Crippen LogP contribution < -0.4 is 10.6 Å². The maximum Gasteiger partial charge on any atom is 0.270 e. The molecule has 0 aliphatic heterocycles. The van der Waals surface area contributed by atoms with Crippen molar-refractivity contribution in [2.45, 2.75) is 38.1 Å². The molecule has 0 aromatic heterocycles. The highest BCUT2D eigenvalue weighted by atomic mass is 35.5. The minimum Gasteiger partial charge on any atom is -0.348 e. The third kappa shape index (κ3) is 4.75. The summed E-state index contributed by atoms with van der Waals surface area (Å²) < 4.78 is -0.252. The fraction of sp³-hybridized carbons (Fsp3) is 0.375. The van der Waals surface area contributed by atoms with E-state index in [9.17, 15) is 9.59 Å². The number of halogens is 2. The van der Waals surface area contributed by atoms with Gasteiger partial charge in [0.05, 0.1) is 0 Å². The summed E-state index contributed by atoms with van der Waals surface area (Å²) >= 11 is 11.5. The lowest BCUT2D eigenvalue weighted by Gasteiger charge is -2.23. The second-order valence-corrected chi connectivity index (χ2v) is 6.21.